The summed E-state index contributed by atoms with van der Waals surface area (Å²) in [5, 5.41) is 6.08. The molecule has 1 amide bonds. The highest BCUT2D eigenvalue weighted by Gasteiger charge is 2.19. The summed E-state index contributed by atoms with van der Waals surface area (Å²) in [7, 11) is 3.46. The Balaban J connectivity index is 0.00000280. The van der Waals surface area contributed by atoms with Crippen molar-refractivity contribution in [1.82, 2.24) is 15.5 Å². The maximum atomic E-state index is 11.8. The minimum absolute atomic E-state index is 0. The summed E-state index contributed by atoms with van der Waals surface area (Å²) in [6.07, 6.45) is 0. The molecule has 28 heavy (non-hydrogen) atoms. The molecule has 1 saturated heterocycles. The second-order valence-corrected chi connectivity index (χ2v) is 6.49. The number of carbonyl (C=O) groups excluding carboxylic acids is 1. The molecule has 6 nitrogen and oxygen atoms in total. The third kappa shape index (κ3) is 5.60. The number of rotatable bonds is 4. The van der Waals surface area contributed by atoms with Crippen LogP contribution < -0.4 is 15.5 Å². The number of benzene rings is 2. The van der Waals surface area contributed by atoms with Crippen LogP contribution in [0.1, 0.15) is 15.9 Å². The van der Waals surface area contributed by atoms with Gasteiger partial charge in [0.05, 0.1) is 0 Å². The molecule has 2 aromatic carbocycles. The van der Waals surface area contributed by atoms with E-state index in [1.807, 2.05) is 37.4 Å². The number of nitrogens with one attached hydrogen (secondary N) is 2. The fourth-order valence-corrected chi connectivity index (χ4v) is 3.30. The molecule has 3 rings (SSSR count). The first-order valence-electron chi connectivity index (χ1n) is 9.28. The molecule has 0 aromatic heterocycles. The molecule has 150 valence electrons. The van der Waals surface area contributed by atoms with Gasteiger partial charge in [-0.05, 0) is 29.8 Å². The van der Waals surface area contributed by atoms with Gasteiger partial charge < -0.3 is 20.4 Å². The molecule has 0 radical (unpaired) electrons. The molecule has 1 fully saturated rings. The fourth-order valence-electron chi connectivity index (χ4n) is 3.30. The van der Waals surface area contributed by atoms with Gasteiger partial charge in [-0.2, -0.15) is 0 Å². The van der Waals surface area contributed by atoms with E-state index in [0.29, 0.717) is 12.1 Å². The summed E-state index contributed by atoms with van der Waals surface area (Å²) in [5.41, 5.74) is 2.99. The number of nitrogens with zero attached hydrogens (tertiary/aromatic N) is 3. The Hall–Kier alpha value is -2.29. The van der Waals surface area contributed by atoms with Crippen molar-refractivity contribution in [1.29, 1.82) is 0 Å². The molecule has 0 saturated carbocycles. The summed E-state index contributed by atoms with van der Waals surface area (Å²) in [6.45, 7) is 4.42. The lowest BCUT2D eigenvalue weighted by molar-refractivity contribution is 0.0963. The van der Waals surface area contributed by atoms with Crippen LogP contribution in [-0.4, -0.2) is 57.0 Å². The number of anilines is 1. The molecule has 2 N–H and O–H groups in total. The Morgan fingerprint density at radius 2 is 1.75 bits per heavy atom. The van der Waals surface area contributed by atoms with E-state index in [4.69, 9.17) is 0 Å². The summed E-state index contributed by atoms with van der Waals surface area (Å²) in [6, 6.07) is 18.2. The average molecular weight is 493 g/mol. The number of halogens is 1. The first-order valence-corrected chi connectivity index (χ1v) is 9.28. The number of carbonyl (C=O) groups is 1. The Labute approximate surface area is 184 Å². The third-order valence-corrected chi connectivity index (χ3v) is 4.78. The molecule has 1 heterocycles. The highest BCUT2D eigenvalue weighted by atomic mass is 127. The van der Waals surface area contributed by atoms with Crippen molar-refractivity contribution in [3.63, 3.8) is 0 Å². The smallest absolute Gasteiger partial charge is 0.251 e. The van der Waals surface area contributed by atoms with E-state index < -0.39 is 0 Å². The Morgan fingerprint density at radius 1 is 1.04 bits per heavy atom. The molecule has 7 heteroatoms. The number of piperazine rings is 1. The van der Waals surface area contributed by atoms with Crippen LogP contribution in [0.25, 0.3) is 0 Å². The molecular formula is C21H28IN5O. The molecule has 2 aromatic rings. The van der Waals surface area contributed by atoms with E-state index in [-0.39, 0.29) is 29.9 Å². The van der Waals surface area contributed by atoms with Gasteiger partial charge in [0.1, 0.15) is 0 Å². The lowest BCUT2D eigenvalue weighted by Gasteiger charge is -2.37. The minimum Gasteiger partial charge on any atom is -0.368 e. The number of hydrogen-bond acceptors (Lipinski definition) is 3. The van der Waals surface area contributed by atoms with Gasteiger partial charge in [0.2, 0.25) is 0 Å². The van der Waals surface area contributed by atoms with E-state index in [9.17, 15) is 4.79 Å². The molecule has 1 aliphatic rings. The maximum Gasteiger partial charge on any atom is 0.251 e. The molecule has 1 aliphatic heterocycles. The van der Waals surface area contributed by atoms with Crippen LogP contribution in [0.3, 0.4) is 0 Å². The molecular weight excluding hydrogens is 465 g/mol. The van der Waals surface area contributed by atoms with Gasteiger partial charge >= 0.3 is 0 Å². The highest BCUT2D eigenvalue weighted by Crippen LogP contribution is 2.15. The van der Waals surface area contributed by atoms with Gasteiger partial charge in [-0.15, -0.1) is 24.0 Å². The monoisotopic (exact) mass is 493 g/mol. The zero-order valence-electron chi connectivity index (χ0n) is 16.4. The van der Waals surface area contributed by atoms with Gasteiger partial charge in [-0.25, -0.2) is 0 Å². The Kier molecular flexibility index (Phi) is 8.56. The third-order valence-electron chi connectivity index (χ3n) is 4.78. The maximum absolute atomic E-state index is 11.8. The predicted molar refractivity (Wildman–Crippen MR) is 126 cm³/mol. The zero-order chi connectivity index (χ0) is 19.1. The van der Waals surface area contributed by atoms with E-state index in [0.717, 1.165) is 37.7 Å². The zero-order valence-corrected chi connectivity index (χ0v) is 18.7. The quantitative estimate of drug-likeness (QED) is 0.391. The van der Waals surface area contributed by atoms with Crippen molar-refractivity contribution < 1.29 is 4.79 Å². The van der Waals surface area contributed by atoms with Crippen molar-refractivity contribution in [3.05, 3.63) is 65.7 Å². The van der Waals surface area contributed by atoms with Crippen LogP contribution in [0.4, 0.5) is 5.69 Å². The number of aliphatic imine (C=N–C) groups is 1. The number of hydrogen-bond donors (Lipinski definition) is 2. The van der Waals surface area contributed by atoms with Crippen LogP contribution in [0, 0.1) is 0 Å². The summed E-state index contributed by atoms with van der Waals surface area (Å²) in [4.78, 5) is 20.9. The molecule has 0 spiro atoms. The van der Waals surface area contributed by atoms with Gasteiger partial charge in [-0.1, -0.05) is 30.3 Å². The summed E-state index contributed by atoms with van der Waals surface area (Å²) < 4.78 is 0. The lowest BCUT2D eigenvalue weighted by atomic mass is 10.1. The number of para-hydroxylation sites is 1. The Bertz CT molecular complexity index is 788. The topological polar surface area (TPSA) is 60.0 Å². The van der Waals surface area contributed by atoms with E-state index in [2.05, 4.69) is 49.7 Å². The first-order chi connectivity index (χ1) is 13.2. The molecule has 0 atom stereocenters. The number of amides is 1. The number of guanidine groups is 1. The van der Waals surface area contributed by atoms with Crippen LogP contribution >= 0.6 is 24.0 Å². The summed E-state index contributed by atoms with van der Waals surface area (Å²) >= 11 is 0. The SMILES string of the molecule is CN=C(NCc1cccc(C(=O)NC)c1)N1CCN(c2ccccc2)CC1.I. The van der Waals surface area contributed by atoms with Gasteiger partial charge in [-0.3, -0.25) is 9.79 Å². The first kappa shape index (κ1) is 22.0. The average Bonchev–Trinajstić information content (AvgIpc) is 2.75. The molecule has 0 bridgehead atoms. The Morgan fingerprint density at radius 3 is 2.39 bits per heavy atom. The van der Waals surface area contributed by atoms with Crippen molar-refractivity contribution in [3.8, 4) is 0 Å². The van der Waals surface area contributed by atoms with Crippen molar-refractivity contribution in [2.75, 3.05) is 45.2 Å². The largest absolute Gasteiger partial charge is 0.368 e. The van der Waals surface area contributed by atoms with E-state index in [1.54, 1.807) is 7.05 Å². The minimum atomic E-state index is -0.0711. The fraction of sp³-hybridized carbons (Fsp3) is 0.333. The molecule has 0 unspecified atom stereocenters. The molecule has 0 aliphatic carbocycles. The van der Waals surface area contributed by atoms with Gasteiger partial charge in [0.15, 0.2) is 5.96 Å². The van der Waals surface area contributed by atoms with Crippen LogP contribution in [-0.2, 0) is 6.54 Å². The van der Waals surface area contributed by atoms with Crippen molar-refractivity contribution in [2.45, 2.75) is 6.54 Å². The van der Waals surface area contributed by atoms with Gasteiger partial charge in [0, 0.05) is 58.1 Å². The van der Waals surface area contributed by atoms with Crippen LogP contribution in [0.5, 0.6) is 0 Å². The lowest BCUT2D eigenvalue weighted by Crippen LogP contribution is -2.52. The van der Waals surface area contributed by atoms with E-state index in [1.165, 1.54) is 5.69 Å². The van der Waals surface area contributed by atoms with E-state index >= 15 is 0 Å². The highest BCUT2D eigenvalue weighted by molar-refractivity contribution is 14.0. The van der Waals surface area contributed by atoms with Gasteiger partial charge in [0.25, 0.3) is 5.91 Å². The normalized spacial score (nSPS) is 14.3. The predicted octanol–water partition coefficient (Wildman–Crippen LogP) is 2.56. The second-order valence-electron chi connectivity index (χ2n) is 6.49. The summed E-state index contributed by atoms with van der Waals surface area (Å²) in [5.74, 6) is 0.825. The second kappa shape index (κ2) is 10.9. The standard InChI is InChI=1S/C21H27N5O.HI/c1-22-20(27)18-8-6-7-17(15-18)16-24-21(23-2)26-13-11-25(12-14-26)19-9-4-3-5-10-19;/h3-10,15H,11-14,16H2,1-2H3,(H,22,27)(H,23,24);1H. The van der Waals surface area contributed by atoms with Crippen molar-refractivity contribution >= 4 is 41.5 Å². The van der Waals surface area contributed by atoms with Crippen LogP contribution in [0.15, 0.2) is 59.6 Å². The van der Waals surface area contributed by atoms with Crippen LogP contribution in [0.2, 0.25) is 0 Å². The van der Waals surface area contributed by atoms with Crippen molar-refractivity contribution in [2.24, 2.45) is 4.99 Å².